The number of hydrogen-bond donors (Lipinski definition) is 0. The molecule has 0 N–H and O–H groups in total. The Labute approximate surface area is 132 Å². The highest BCUT2D eigenvalue weighted by Crippen LogP contribution is 2.26. The van der Waals surface area contributed by atoms with E-state index in [1.54, 1.807) is 11.3 Å². The Morgan fingerprint density at radius 3 is 2.81 bits per heavy atom. The van der Waals surface area contributed by atoms with Gasteiger partial charge in [-0.15, -0.1) is 11.3 Å². The van der Waals surface area contributed by atoms with E-state index >= 15 is 0 Å². The minimum Gasteiger partial charge on any atom is -0.338 e. The van der Waals surface area contributed by atoms with Crippen molar-refractivity contribution in [3.63, 3.8) is 0 Å². The maximum Gasteiger partial charge on any atom is 0.223 e. The first-order valence-electron chi connectivity index (χ1n) is 7.98. The zero-order chi connectivity index (χ0) is 15.2. The highest BCUT2D eigenvalue weighted by molar-refractivity contribution is 7.09. The molecule has 0 aliphatic carbocycles. The van der Waals surface area contributed by atoms with Crippen LogP contribution in [-0.4, -0.2) is 47.4 Å². The van der Waals surface area contributed by atoms with Gasteiger partial charge in [0.25, 0.3) is 0 Å². The summed E-state index contributed by atoms with van der Waals surface area (Å²) < 4.78 is 0. The molecule has 1 aliphatic rings. The minimum atomic E-state index is 0.130. The number of carbonyl (C=O) groups excluding carboxylic acids is 1. The Kier molecular flexibility index (Phi) is 6.18. The Balaban J connectivity index is 1.79. The van der Waals surface area contributed by atoms with Crippen molar-refractivity contribution in [3.05, 3.63) is 16.6 Å². The number of nitrogens with zero attached hydrogens (tertiary/aromatic N) is 3. The number of piperidine rings is 1. The first-order chi connectivity index (χ1) is 10.1. The van der Waals surface area contributed by atoms with Crippen molar-refractivity contribution in [2.45, 2.75) is 45.6 Å². The van der Waals surface area contributed by atoms with E-state index in [-0.39, 0.29) is 11.9 Å². The molecule has 2 rings (SSSR count). The summed E-state index contributed by atoms with van der Waals surface area (Å²) in [5, 5.41) is 0. The lowest BCUT2D eigenvalue weighted by molar-refractivity contribution is -0.133. The Bertz CT molecular complexity index is 427. The van der Waals surface area contributed by atoms with Gasteiger partial charge in [0.05, 0.1) is 11.6 Å². The number of carbonyl (C=O) groups is 1. The number of thiazole rings is 1. The molecule has 4 nitrogen and oxygen atoms in total. The Morgan fingerprint density at radius 2 is 2.24 bits per heavy atom. The van der Waals surface area contributed by atoms with Gasteiger partial charge < -0.3 is 9.80 Å². The van der Waals surface area contributed by atoms with Crippen molar-refractivity contribution >= 4 is 17.2 Å². The molecule has 1 amide bonds. The maximum absolute atomic E-state index is 12.5. The molecule has 0 bridgehead atoms. The molecule has 2 heterocycles. The van der Waals surface area contributed by atoms with Crippen molar-refractivity contribution in [2.75, 3.05) is 26.7 Å². The average Bonchev–Trinajstić information content (AvgIpc) is 3.02. The molecule has 0 spiro atoms. The zero-order valence-electron chi connectivity index (χ0n) is 13.4. The van der Waals surface area contributed by atoms with Gasteiger partial charge in [-0.25, -0.2) is 0 Å². The van der Waals surface area contributed by atoms with Crippen LogP contribution in [-0.2, 0) is 4.79 Å². The smallest absolute Gasteiger partial charge is 0.223 e. The molecule has 118 valence electrons. The van der Waals surface area contributed by atoms with E-state index < -0.39 is 0 Å². The van der Waals surface area contributed by atoms with Crippen molar-refractivity contribution in [2.24, 2.45) is 5.92 Å². The predicted molar refractivity (Wildman–Crippen MR) is 87.4 cm³/mol. The van der Waals surface area contributed by atoms with Gasteiger partial charge >= 0.3 is 0 Å². The van der Waals surface area contributed by atoms with Crippen LogP contribution in [0.4, 0.5) is 0 Å². The van der Waals surface area contributed by atoms with Gasteiger partial charge in [-0.2, -0.15) is 0 Å². The lowest BCUT2D eigenvalue weighted by Gasteiger charge is -2.33. The summed E-state index contributed by atoms with van der Waals surface area (Å²) in [6.07, 6.45) is 6.10. The van der Waals surface area contributed by atoms with Crippen LogP contribution in [0.3, 0.4) is 0 Å². The van der Waals surface area contributed by atoms with E-state index in [4.69, 9.17) is 0 Å². The quantitative estimate of drug-likeness (QED) is 0.810. The molecule has 0 unspecified atom stereocenters. The second kappa shape index (κ2) is 7.90. The van der Waals surface area contributed by atoms with Gasteiger partial charge in [0, 0.05) is 24.5 Å². The van der Waals surface area contributed by atoms with Gasteiger partial charge in [-0.05, 0) is 51.7 Å². The lowest BCUT2D eigenvalue weighted by atomic mass is 9.92. The van der Waals surface area contributed by atoms with Crippen LogP contribution in [0.15, 0.2) is 11.7 Å². The van der Waals surface area contributed by atoms with E-state index in [1.165, 1.54) is 13.0 Å². The van der Waals surface area contributed by atoms with Crippen molar-refractivity contribution in [3.8, 4) is 0 Å². The average molecular weight is 309 g/mol. The van der Waals surface area contributed by atoms with Crippen molar-refractivity contribution in [1.29, 1.82) is 0 Å². The molecule has 21 heavy (non-hydrogen) atoms. The molecular formula is C16H27N3OS. The van der Waals surface area contributed by atoms with Gasteiger partial charge in [0.1, 0.15) is 0 Å². The fourth-order valence-electron chi connectivity index (χ4n) is 2.96. The third-order valence-corrected chi connectivity index (χ3v) is 5.49. The second-order valence-electron chi connectivity index (χ2n) is 6.07. The number of aromatic nitrogens is 1. The standard InChI is InChI=1S/C16H27N3OS/c1-4-7-19-8-5-14(6-9-19)10-16(20)18(3)13(2)15-11-17-12-21-15/h11-14H,4-10H2,1-3H3/t13-/m0/s1. The second-order valence-corrected chi connectivity index (χ2v) is 6.99. The molecule has 1 fully saturated rings. The Morgan fingerprint density at radius 1 is 1.52 bits per heavy atom. The molecule has 0 aromatic carbocycles. The number of amides is 1. The highest BCUT2D eigenvalue weighted by atomic mass is 32.1. The summed E-state index contributed by atoms with van der Waals surface area (Å²) >= 11 is 1.62. The van der Waals surface area contributed by atoms with Crippen molar-refractivity contribution in [1.82, 2.24) is 14.8 Å². The van der Waals surface area contributed by atoms with Crippen molar-refractivity contribution < 1.29 is 4.79 Å². The van der Waals surface area contributed by atoms with Crippen LogP contribution in [0, 0.1) is 5.92 Å². The van der Waals surface area contributed by atoms with Crippen LogP contribution in [0.25, 0.3) is 0 Å². The maximum atomic E-state index is 12.5. The number of rotatable bonds is 6. The van der Waals surface area contributed by atoms with Gasteiger partial charge in [0.2, 0.25) is 5.91 Å². The monoisotopic (exact) mass is 309 g/mol. The summed E-state index contributed by atoms with van der Waals surface area (Å²) in [7, 11) is 1.92. The topological polar surface area (TPSA) is 36.4 Å². The summed E-state index contributed by atoms with van der Waals surface area (Å²) in [5.41, 5.74) is 1.83. The molecule has 5 heteroatoms. The SMILES string of the molecule is CCCN1CCC(CC(=O)N(C)[C@@H](C)c2cncs2)CC1. The van der Waals surface area contributed by atoms with E-state index in [0.29, 0.717) is 12.3 Å². The largest absolute Gasteiger partial charge is 0.338 e. The number of hydrogen-bond acceptors (Lipinski definition) is 4. The Hall–Kier alpha value is -0.940. The summed E-state index contributed by atoms with van der Waals surface area (Å²) in [5.74, 6) is 0.826. The summed E-state index contributed by atoms with van der Waals surface area (Å²) in [6.45, 7) is 7.81. The van der Waals surface area contributed by atoms with Crippen LogP contribution < -0.4 is 0 Å². The summed E-state index contributed by atoms with van der Waals surface area (Å²) in [4.78, 5) is 22.1. The molecule has 0 radical (unpaired) electrons. The van der Waals surface area contributed by atoms with Crippen LogP contribution in [0.5, 0.6) is 0 Å². The fourth-order valence-corrected chi connectivity index (χ4v) is 3.68. The van der Waals surface area contributed by atoms with Gasteiger partial charge in [-0.1, -0.05) is 6.92 Å². The first kappa shape index (κ1) is 16.4. The minimum absolute atomic E-state index is 0.130. The molecule has 1 saturated heterocycles. The van der Waals surface area contributed by atoms with E-state index in [1.807, 2.05) is 23.7 Å². The molecule has 1 atom stereocenters. The molecule has 1 aliphatic heterocycles. The third kappa shape index (κ3) is 4.51. The van der Waals surface area contributed by atoms with Gasteiger partial charge in [-0.3, -0.25) is 9.78 Å². The van der Waals surface area contributed by atoms with E-state index in [9.17, 15) is 4.79 Å². The van der Waals surface area contributed by atoms with E-state index in [0.717, 1.165) is 30.8 Å². The molecular weight excluding hydrogens is 282 g/mol. The molecule has 1 aromatic heterocycles. The molecule has 0 saturated carbocycles. The number of likely N-dealkylation sites (tertiary alicyclic amines) is 1. The van der Waals surface area contributed by atoms with E-state index in [2.05, 4.69) is 23.7 Å². The normalized spacial score (nSPS) is 18.6. The predicted octanol–water partition coefficient (Wildman–Crippen LogP) is 3.17. The first-order valence-corrected chi connectivity index (χ1v) is 8.86. The highest BCUT2D eigenvalue weighted by Gasteiger charge is 2.24. The molecule has 1 aromatic rings. The third-order valence-electron chi connectivity index (χ3n) is 4.55. The van der Waals surface area contributed by atoms with Crippen LogP contribution in [0.1, 0.15) is 50.4 Å². The van der Waals surface area contributed by atoms with Crippen LogP contribution >= 0.6 is 11.3 Å². The van der Waals surface area contributed by atoms with Crippen LogP contribution in [0.2, 0.25) is 0 Å². The fraction of sp³-hybridized carbons (Fsp3) is 0.750. The lowest BCUT2D eigenvalue weighted by Crippen LogP contribution is -2.37. The summed E-state index contributed by atoms with van der Waals surface area (Å²) in [6, 6.07) is 0.130. The van der Waals surface area contributed by atoms with Gasteiger partial charge in [0.15, 0.2) is 0 Å². The zero-order valence-corrected chi connectivity index (χ0v) is 14.2.